The topological polar surface area (TPSA) is 55.5 Å². The molecule has 0 saturated carbocycles. The van der Waals surface area contributed by atoms with Gasteiger partial charge in [-0.2, -0.15) is 0 Å². The van der Waals surface area contributed by atoms with Crippen LogP contribution in [0.15, 0.2) is 12.1 Å². The van der Waals surface area contributed by atoms with Crippen molar-refractivity contribution in [3.05, 3.63) is 29.1 Å². The second-order valence-corrected chi connectivity index (χ2v) is 3.11. The van der Waals surface area contributed by atoms with E-state index in [0.717, 1.165) is 5.56 Å². The second-order valence-electron chi connectivity index (χ2n) is 3.11. The highest BCUT2D eigenvalue weighted by Gasteiger charge is 2.17. The minimum Gasteiger partial charge on any atom is -0.496 e. The van der Waals surface area contributed by atoms with E-state index >= 15 is 0 Å². The molecule has 1 atom stereocenters. The Hall–Kier alpha value is -1.13. The van der Waals surface area contributed by atoms with Gasteiger partial charge in [-0.1, -0.05) is 0 Å². The van der Waals surface area contributed by atoms with Crippen molar-refractivity contribution in [2.45, 2.75) is 13.0 Å². The van der Waals surface area contributed by atoms with Gasteiger partial charge in [-0.15, -0.1) is 0 Å². The maximum atomic E-state index is 13.4. The average molecular weight is 199 g/mol. The maximum absolute atomic E-state index is 13.4. The van der Waals surface area contributed by atoms with Gasteiger partial charge >= 0.3 is 0 Å². The fourth-order valence-electron chi connectivity index (χ4n) is 1.33. The van der Waals surface area contributed by atoms with Crippen molar-refractivity contribution >= 4 is 0 Å². The molecular formula is C10H14FNO2. The van der Waals surface area contributed by atoms with E-state index in [4.69, 9.17) is 10.5 Å². The largest absolute Gasteiger partial charge is 0.496 e. The van der Waals surface area contributed by atoms with E-state index in [1.807, 2.05) is 0 Å². The van der Waals surface area contributed by atoms with E-state index in [9.17, 15) is 9.50 Å². The summed E-state index contributed by atoms with van der Waals surface area (Å²) in [7, 11) is 1.43. The van der Waals surface area contributed by atoms with Crippen LogP contribution in [0.3, 0.4) is 0 Å². The predicted octanol–water partition coefficient (Wildman–Crippen LogP) is 1.13. The van der Waals surface area contributed by atoms with Crippen LogP contribution in [0.2, 0.25) is 0 Å². The van der Waals surface area contributed by atoms with Crippen molar-refractivity contribution < 1.29 is 14.2 Å². The third-order valence-electron chi connectivity index (χ3n) is 2.01. The van der Waals surface area contributed by atoms with Crippen molar-refractivity contribution in [2.24, 2.45) is 5.73 Å². The van der Waals surface area contributed by atoms with Gasteiger partial charge in [0, 0.05) is 6.54 Å². The van der Waals surface area contributed by atoms with Crippen LogP contribution in [0, 0.1) is 12.7 Å². The Morgan fingerprint density at radius 2 is 2.21 bits per heavy atom. The van der Waals surface area contributed by atoms with Crippen LogP contribution in [0.4, 0.5) is 4.39 Å². The molecular weight excluding hydrogens is 185 g/mol. The lowest BCUT2D eigenvalue weighted by atomic mass is 10.1. The lowest BCUT2D eigenvalue weighted by Gasteiger charge is -2.14. The quantitative estimate of drug-likeness (QED) is 0.767. The minimum atomic E-state index is -1.02. The van der Waals surface area contributed by atoms with Crippen LogP contribution in [0.1, 0.15) is 17.2 Å². The van der Waals surface area contributed by atoms with Crippen LogP contribution < -0.4 is 10.5 Å². The van der Waals surface area contributed by atoms with Crippen molar-refractivity contribution in [1.29, 1.82) is 0 Å². The van der Waals surface area contributed by atoms with E-state index in [2.05, 4.69) is 0 Å². The van der Waals surface area contributed by atoms with Crippen LogP contribution in [-0.2, 0) is 0 Å². The summed E-state index contributed by atoms with van der Waals surface area (Å²) in [6, 6.07) is 3.01. The first-order chi connectivity index (χ1) is 6.60. The van der Waals surface area contributed by atoms with Gasteiger partial charge in [0.2, 0.25) is 0 Å². The Morgan fingerprint density at radius 1 is 1.57 bits per heavy atom. The first-order valence-corrected chi connectivity index (χ1v) is 4.32. The standard InChI is InChI=1S/C10H14FNO2/c1-6-3-7(11)10(8(13)5-12)9(4-6)14-2/h3-4,8,13H,5,12H2,1-2H3. The zero-order valence-electron chi connectivity index (χ0n) is 8.25. The van der Waals surface area contributed by atoms with E-state index in [1.165, 1.54) is 13.2 Å². The summed E-state index contributed by atoms with van der Waals surface area (Å²) in [5.41, 5.74) is 6.13. The van der Waals surface area contributed by atoms with Crippen molar-refractivity contribution in [2.75, 3.05) is 13.7 Å². The molecule has 0 spiro atoms. The summed E-state index contributed by atoms with van der Waals surface area (Å²) >= 11 is 0. The zero-order valence-corrected chi connectivity index (χ0v) is 8.25. The van der Waals surface area contributed by atoms with Gasteiger partial charge in [-0.05, 0) is 24.6 Å². The van der Waals surface area contributed by atoms with Gasteiger partial charge < -0.3 is 15.6 Å². The molecule has 0 fully saturated rings. The molecule has 14 heavy (non-hydrogen) atoms. The lowest BCUT2D eigenvalue weighted by molar-refractivity contribution is 0.177. The van der Waals surface area contributed by atoms with Gasteiger partial charge in [0.1, 0.15) is 11.6 Å². The van der Waals surface area contributed by atoms with Crippen molar-refractivity contribution in [1.82, 2.24) is 0 Å². The molecule has 0 heterocycles. The van der Waals surface area contributed by atoms with Crippen LogP contribution in [0.5, 0.6) is 5.75 Å². The number of methoxy groups -OCH3 is 1. The van der Waals surface area contributed by atoms with Crippen molar-refractivity contribution in [3.8, 4) is 5.75 Å². The van der Waals surface area contributed by atoms with Gasteiger partial charge in [-0.3, -0.25) is 0 Å². The molecule has 0 radical (unpaired) electrons. The van der Waals surface area contributed by atoms with Gasteiger partial charge in [0.15, 0.2) is 0 Å². The summed E-state index contributed by atoms with van der Waals surface area (Å²) in [5.74, 6) is -0.153. The number of ether oxygens (including phenoxy) is 1. The average Bonchev–Trinajstić information content (AvgIpc) is 2.15. The SMILES string of the molecule is COc1cc(C)cc(F)c1C(O)CN. The number of hydrogen-bond donors (Lipinski definition) is 2. The highest BCUT2D eigenvalue weighted by molar-refractivity contribution is 5.40. The minimum absolute atomic E-state index is 0.0314. The molecule has 1 aromatic carbocycles. The fraction of sp³-hybridized carbons (Fsp3) is 0.400. The first-order valence-electron chi connectivity index (χ1n) is 4.32. The zero-order chi connectivity index (χ0) is 10.7. The van der Waals surface area contributed by atoms with Crippen LogP contribution in [-0.4, -0.2) is 18.8 Å². The monoisotopic (exact) mass is 199 g/mol. The molecule has 0 aromatic heterocycles. The third kappa shape index (κ3) is 2.02. The van der Waals surface area contributed by atoms with Gasteiger partial charge in [0.05, 0.1) is 18.8 Å². The molecule has 0 amide bonds. The van der Waals surface area contributed by atoms with Crippen molar-refractivity contribution in [3.63, 3.8) is 0 Å². The van der Waals surface area contributed by atoms with E-state index in [-0.39, 0.29) is 12.1 Å². The molecule has 1 unspecified atom stereocenters. The molecule has 1 rings (SSSR count). The Balaban J connectivity index is 3.24. The number of hydrogen-bond acceptors (Lipinski definition) is 3. The normalized spacial score (nSPS) is 12.6. The number of aliphatic hydroxyl groups excluding tert-OH is 1. The Kier molecular flexibility index (Phi) is 3.43. The number of halogens is 1. The van der Waals surface area contributed by atoms with E-state index in [0.29, 0.717) is 5.75 Å². The number of benzene rings is 1. The summed E-state index contributed by atoms with van der Waals surface area (Å²) in [4.78, 5) is 0. The Morgan fingerprint density at radius 3 is 2.71 bits per heavy atom. The molecule has 0 aliphatic rings. The number of aliphatic hydroxyl groups is 1. The van der Waals surface area contributed by atoms with E-state index < -0.39 is 11.9 Å². The predicted molar refractivity (Wildman–Crippen MR) is 51.7 cm³/mol. The number of nitrogens with two attached hydrogens (primary N) is 1. The maximum Gasteiger partial charge on any atom is 0.133 e. The van der Waals surface area contributed by atoms with Crippen LogP contribution >= 0.6 is 0 Å². The third-order valence-corrected chi connectivity index (χ3v) is 2.01. The Bertz CT molecular complexity index is 328. The summed E-state index contributed by atoms with van der Waals surface area (Å²) in [6.45, 7) is 1.72. The molecule has 3 nitrogen and oxygen atoms in total. The molecule has 1 aromatic rings. The number of rotatable bonds is 3. The number of aryl methyl sites for hydroxylation is 1. The molecule has 0 bridgehead atoms. The molecule has 4 heteroatoms. The molecule has 0 aliphatic carbocycles. The fourth-order valence-corrected chi connectivity index (χ4v) is 1.33. The highest BCUT2D eigenvalue weighted by atomic mass is 19.1. The summed E-state index contributed by atoms with van der Waals surface area (Å²) < 4.78 is 18.4. The van der Waals surface area contributed by atoms with Gasteiger partial charge in [0.25, 0.3) is 0 Å². The molecule has 0 saturated heterocycles. The molecule has 78 valence electrons. The van der Waals surface area contributed by atoms with E-state index in [1.54, 1.807) is 13.0 Å². The first kappa shape index (κ1) is 10.9. The Labute approximate surface area is 82.3 Å². The van der Waals surface area contributed by atoms with Crippen LogP contribution in [0.25, 0.3) is 0 Å². The van der Waals surface area contributed by atoms with Gasteiger partial charge in [-0.25, -0.2) is 4.39 Å². The highest BCUT2D eigenvalue weighted by Crippen LogP contribution is 2.28. The smallest absolute Gasteiger partial charge is 0.133 e. The second kappa shape index (κ2) is 4.39. The summed E-state index contributed by atoms with van der Waals surface area (Å²) in [5, 5.41) is 9.47. The molecule has 0 aliphatic heterocycles. The lowest BCUT2D eigenvalue weighted by Crippen LogP contribution is -2.14. The molecule has 3 N–H and O–H groups in total. The summed E-state index contributed by atoms with van der Waals surface area (Å²) in [6.07, 6.45) is -1.02.